The number of Topliss-reactive ketones (excluding diaryl/α,β-unsaturated/α-hetero) is 1. The molecule has 2 aliphatic carbocycles. The highest BCUT2D eigenvalue weighted by Gasteiger charge is 2.46. The van der Waals surface area contributed by atoms with Crippen LogP contribution in [0.5, 0.6) is 11.5 Å². The van der Waals surface area contributed by atoms with Crippen molar-refractivity contribution in [2.24, 2.45) is 10.9 Å². The Balaban J connectivity index is 1.61. The third-order valence-electron chi connectivity index (χ3n) is 7.84. The van der Waals surface area contributed by atoms with Crippen LogP contribution < -0.4 is 9.47 Å². The fraction of sp³-hybridized carbons (Fsp3) is 0.433. The van der Waals surface area contributed by atoms with Crippen LogP contribution in [0.25, 0.3) is 0 Å². The van der Waals surface area contributed by atoms with Gasteiger partial charge < -0.3 is 14.2 Å². The number of nitrogens with zero attached hydrogens (tertiary/aromatic N) is 1. The maximum Gasteiger partial charge on any atom is 0.315 e. The van der Waals surface area contributed by atoms with Crippen molar-refractivity contribution < 1.29 is 23.8 Å². The quantitative estimate of drug-likeness (QED) is 0.372. The number of esters is 1. The highest BCUT2D eigenvalue weighted by Crippen LogP contribution is 2.50. The van der Waals surface area contributed by atoms with Crippen LogP contribution in [0.15, 0.2) is 63.2 Å². The normalized spacial score (nSPS) is 23.9. The SMILES string of the molecule is COc1cc(Br)c([C@H]2C3=C(C[C@@H](c4ccccc4)CC3=O)N=C(C)C2C(=O)OC2CCCC2)cc1OC. The van der Waals surface area contributed by atoms with Crippen molar-refractivity contribution in [3.8, 4) is 11.5 Å². The topological polar surface area (TPSA) is 74.2 Å². The molecule has 37 heavy (non-hydrogen) atoms. The number of benzene rings is 2. The third kappa shape index (κ3) is 4.98. The highest BCUT2D eigenvalue weighted by atomic mass is 79.9. The van der Waals surface area contributed by atoms with Crippen LogP contribution in [0.1, 0.15) is 68.4 Å². The van der Waals surface area contributed by atoms with E-state index < -0.39 is 11.8 Å². The average molecular weight is 566 g/mol. The summed E-state index contributed by atoms with van der Waals surface area (Å²) in [6, 6.07) is 13.8. The lowest BCUT2D eigenvalue weighted by molar-refractivity contribution is -0.151. The number of aliphatic imine (C=N–C) groups is 1. The van der Waals surface area contributed by atoms with Gasteiger partial charge in [0.2, 0.25) is 0 Å². The Morgan fingerprint density at radius 1 is 1.00 bits per heavy atom. The molecule has 0 saturated heterocycles. The molecule has 0 amide bonds. The van der Waals surface area contributed by atoms with Crippen LogP contribution in [-0.2, 0) is 14.3 Å². The van der Waals surface area contributed by atoms with E-state index in [1.54, 1.807) is 14.2 Å². The van der Waals surface area contributed by atoms with Crippen LogP contribution >= 0.6 is 15.9 Å². The number of hydrogen-bond donors (Lipinski definition) is 0. The van der Waals surface area contributed by atoms with Gasteiger partial charge in [-0.3, -0.25) is 14.6 Å². The van der Waals surface area contributed by atoms with E-state index in [0.717, 1.165) is 47.0 Å². The van der Waals surface area contributed by atoms with E-state index in [1.165, 1.54) is 0 Å². The first-order chi connectivity index (χ1) is 17.9. The van der Waals surface area contributed by atoms with Gasteiger partial charge in [-0.2, -0.15) is 0 Å². The van der Waals surface area contributed by atoms with Gasteiger partial charge in [0, 0.05) is 33.8 Å². The zero-order valence-electron chi connectivity index (χ0n) is 21.5. The van der Waals surface area contributed by atoms with Crippen molar-refractivity contribution in [3.63, 3.8) is 0 Å². The van der Waals surface area contributed by atoms with Crippen LogP contribution in [0.3, 0.4) is 0 Å². The molecule has 0 spiro atoms. The first-order valence-corrected chi connectivity index (χ1v) is 13.7. The van der Waals surface area contributed by atoms with Gasteiger partial charge in [0.05, 0.1) is 14.2 Å². The van der Waals surface area contributed by atoms with Crippen LogP contribution in [0.4, 0.5) is 0 Å². The van der Waals surface area contributed by atoms with E-state index in [-0.39, 0.29) is 23.8 Å². The van der Waals surface area contributed by atoms with Crippen molar-refractivity contribution >= 4 is 33.4 Å². The van der Waals surface area contributed by atoms with Gasteiger partial charge in [-0.1, -0.05) is 46.3 Å². The molecule has 2 aromatic carbocycles. The number of rotatable bonds is 6. The summed E-state index contributed by atoms with van der Waals surface area (Å²) in [6.45, 7) is 1.88. The smallest absolute Gasteiger partial charge is 0.315 e. The van der Waals surface area contributed by atoms with Crippen molar-refractivity contribution in [1.29, 1.82) is 0 Å². The van der Waals surface area contributed by atoms with E-state index in [0.29, 0.717) is 35.6 Å². The minimum absolute atomic E-state index is 0.0247. The summed E-state index contributed by atoms with van der Waals surface area (Å²) in [5, 5.41) is 0. The van der Waals surface area contributed by atoms with E-state index >= 15 is 0 Å². The van der Waals surface area contributed by atoms with Gasteiger partial charge >= 0.3 is 5.97 Å². The second-order valence-corrected chi connectivity index (χ2v) is 10.9. The second-order valence-electron chi connectivity index (χ2n) is 10.1. The summed E-state index contributed by atoms with van der Waals surface area (Å²) in [5.41, 5.74) is 3.97. The molecule has 194 valence electrons. The molecule has 0 radical (unpaired) electrons. The summed E-state index contributed by atoms with van der Waals surface area (Å²) in [4.78, 5) is 32.4. The number of methoxy groups -OCH3 is 2. The van der Waals surface area contributed by atoms with Crippen molar-refractivity contribution in [1.82, 2.24) is 0 Å². The lowest BCUT2D eigenvalue weighted by Gasteiger charge is -2.37. The molecule has 0 N–H and O–H groups in total. The van der Waals surface area contributed by atoms with Crippen LogP contribution in [0, 0.1) is 5.92 Å². The van der Waals surface area contributed by atoms with Crippen LogP contribution in [0.2, 0.25) is 0 Å². The molecule has 5 rings (SSSR count). The number of ketones is 1. The number of carbonyl (C=O) groups excluding carboxylic acids is 2. The van der Waals surface area contributed by atoms with Crippen molar-refractivity contribution in [3.05, 3.63) is 69.3 Å². The number of hydrogen-bond acceptors (Lipinski definition) is 6. The predicted octanol–water partition coefficient (Wildman–Crippen LogP) is 6.53. The fourth-order valence-electron chi connectivity index (χ4n) is 6.01. The minimum Gasteiger partial charge on any atom is -0.493 e. The Kier molecular flexibility index (Phi) is 7.52. The fourth-order valence-corrected chi connectivity index (χ4v) is 6.58. The number of ether oxygens (including phenoxy) is 3. The standard InChI is InChI=1S/C30H32BrNO5/c1-17-27(30(34)37-20-11-7-8-12-20)28(21-15-25(35-2)26(36-3)16-22(21)31)29-23(32-17)13-19(14-24(29)33)18-9-5-4-6-10-18/h4-6,9-10,15-16,19-20,27-28H,7-8,11-14H2,1-3H3/t19-,27?,28-/m1/s1. The van der Waals surface area contributed by atoms with E-state index in [4.69, 9.17) is 19.2 Å². The summed E-state index contributed by atoms with van der Waals surface area (Å²) in [6.07, 6.45) is 4.84. The molecule has 0 aromatic heterocycles. The van der Waals surface area contributed by atoms with E-state index in [9.17, 15) is 9.59 Å². The maximum absolute atomic E-state index is 13.9. The zero-order valence-corrected chi connectivity index (χ0v) is 23.0. The Hall–Kier alpha value is -2.93. The van der Waals surface area contributed by atoms with Crippen LogP contribution in [-0.4, -0.2) is 37.8 Å². The lowest BCUT2D eigenvalue weighted by atomic mass is 9.69. The molecule has 3 atom stereocenters. The molecule has 1 unspecified atom stereocenters. The van der Waals surface area contributed by atoms with Crippen molar-refractivity contribution in [2.75, 3.05) is 14.2 Å². The highest BCUT2D eigenvalue weighted by molar-refractivity contribution is 9.10. The Morgan fingerprint density at radius 2 is 1.68 bits per heavy atom. The molecule has 1 fully saturated rings. The summed E-state index contributed by atoms with van der Waals surface area (Å²) in [7, 11) is 3.16. The molecule has 2 aromatic rings. The molecule has 7 heteroatoms. The average Bonchev–Trinajstić information content (AvgIpc) is 3.41. The van der Waals surface area contributed by atoms with Gasteiger partial charge in [-0.15, -0.1) is 0 Å². The molecule has 1 saturated carbocycles. The summed E-state index contributed by atoms with van der Waals surface area (Å²) < 4.78 is 17.8. The molecular weight excluding hydrogens is 534 g/mol. The second kappa shape index (κ2) is 10.8. The molecular formula is C30H32BrNO5. The van der Waals surface area contributed by atoms with Gasteiger partial charge in [-0.25, -0.2) is 0 Å². The first-order valence-electron chi connectivity index (χ1n) is 12.9. The van der Waals surface area contributed by atoms with Crippen molar-refractivity contribution in [2.45, 2.75) is 63.4 Å². The van der Waals surface area contributed by atoms with Gasteiger partial charge in [-0.05, 0) is 68.2 Å². The number of allylic oxidation sites excluding steroid dienone is 2. The Bertz CT molecular complexity index is 1260. The largest absolute Gasteiger partial charge is 0.493 e. The Morgan fingerprint density at radius 3 is 2.35 bits per heavy atom. The monoisotopic (exact) mass is 565 g/mol. The van der Waals surface area contributed by atoms with Gasteiger partial charge in [0.15, 0.2) is 17.3 Å². The molecule has 0 bridgehead atoms. The maximum atomic E-state index is 13.9. The summed E-state index contributed by atoms with van der Waals surface area (Å²) in [5.74, 6) is -0.346. The third-order valence-corrected chi connectivity index (χ3v) is 8.52. The number of halogens is 1. The molecule has 1 heterocycles. The minimum atomic E-state index is -0.689. The lowest BCUT2D eigenvalue weighted by Crippen LogP contribution is -2.39. The molecule has 3 aliphatic rings. The van der Waals surface area contributed by atoms with E-state index in [2.05, 4.69) is 28.1 Å². The number of carbonyl (C=O) groups is 2. The molecule has 1 aliphatic heterocycles. The predicted molar refractivity (Wildman–Crippen MR) is 145 cm³/mol. The molecule has 6 nitrogen and oxygen atoms in total. The van der Waals surface area contributed by atoms with E-state index in [1.807, 2.05) is 37.3 Å². The summed E-state index contributed by atoms with van der Waals surface area (Å²) >= 11 is 3.70. The zero-order chi connectivity index (χ0) is 26.1. The van der Waals surface area contributed by atoms with Gasteiger partial charge in [0.1, 0.15) is 12.0 Å². The van der Waals surface area contributed by atoms with Gasteiger partial charge in [0.25, 0.3) is 0 Å². The first kappa shape index (κ1) is 25.7. The Labute approximate surface area is 226 Å².